The van der Waals surface area contributed by atoms with Gasteiger partial charge in [-0.25, -0.2) is 9.78 Å². The van der Waals surface area contributed by atoms with E-state index in [1.165, 1.54) is 16.8 Å². The topological polar surface area (TPSA) is 108 Å². The normalized spacial score (nSPS) is 23.5. The second-order valence-corrected chi connectivity index (χ2v) is 6.56. The van der Waals surface area contributed by atoms with Gasteiger partial charge in [0.25, 0.3) is 11.5 Å². The maximum Gasteiger partial charge on any atom is 0.328 e. The molecule has 0 radical (unpaired) electrons. The van der Waals surface area contributed by atoms with E-state index < -0.39 is 22.9 Å². The van der Waals surface area contributed by atoms with Gasteiger partial charge in [-0.05, 0) is 32.4 Å². The average Bonchev–Trinajstić information content (AvgIpc) is 2.55. The molecule has 1 saturated heterocycles. The van der Waals surface area contributed by atoms with Crippen molar-refractivity contribution in [3.05, 3.63) is 62.7 Å². The van der Waals surface area contributed by atoms with Crippen LogP contribution in [0.25, 0.3) is 0 Å². The third-order valence-electron chi connectivity index (χ3n) is 4.58. The van der Waals surface area contributed by atoms with Crippen LogP contribution in [-0.4, -0.2) is 49.1 Å². The number of carbonyl (C=O) groups is 1. The largest absolute Gasteiger partial charge is 0.388 e. The molecular formula is C17H20N4O4. The van der Waals surface area contributed by atoms with Gasteiger partial charge in [0.05, 0.1) is 11.6 Å². The SMILES string of the molecule is Cc1cccc(C(=O)N2CC[C@@](C)(O)[C@H](n3ccc(=O)[nH]c3=O)C2)n1. The van der Waals surface area contributed by atoms with Gasteiger partial charge in [0, 0.05) is 31.0 Å². The smallest absolute Gasteiger partial charge is 0.328 e. The van der Waals surface area contributed by atoms with E-state index in [1.54, 1.807) is 36.9 Å². The third-order valence-corrected chi connectivity index (χ3v) is 4.58. The lowest BCUT2D eigenvalue weighted by Crippen LogP contribution is -2.55. The number of nitrogens with zero attached hydrogens (tertiary/aromatic N) is 3. The summed E-state index contributed by atoms with van der Waals surface area (Å²) in [5.74, 6) is -0.248. The van der Waals surface area contributed by atoms with Gasteiger partial charge in [0.1, 0.15) is 5.69 Å². The molecule has 0 aliphatic carbocycles. The van der Waals surface area contributed by atoms with Crippen LogP contribution in [0, 0.1) is 6.92 Å². The number of aromatic amines is 1. The lowest BCUT2D eigenvalue weighted by molar-refractivity contribution is -0.0460. The molecule has 1 amide bonds. The summed E-state index contributed by atoms with van der Waals surface area (Å²) in [6.45, 7) is 3.94. The highest BCUT2D eigenvalue weighted by Gasteiger charge is 2.41. The van der Waals surface area contributed by atoms with Crippen LogP contribution < -0.4 is 11.2 Å². The monoisotopic (exact) mass is 344 g/mol. The molecule has 2 aromatic heterocycles. The fourth-order valence-electron chi connectivity index (χ4n) is 3.09. The number of piperidine rings is 1. The minimum absolute atomic E-state index is 0.146. The summed E-state index contributed by atoms with van der Waals surface area (Å²) in [6.07, 6.45) is 1.65. The summed E-state index contributed by atoms with van der Waals surface area (Å²) in [4.78, 5) is 44.1. The first-order chi connectivity index (χ1) is 11.8. The number of pyridine rings is 1. The summed E-state index contributed by atoms with van der Waals surface area (Å²) in [5, 5.41) is 10.7. The Morgan fingerprint density at radius 2 is 2.12 bits per heavy atom. The standard InChI is InChI=1S/C17H20N4O4/c1-11-4-3-5-12(18-11)15(23)20-9-7-17(2,25)13(10-20)21-8-6-14(22)19-16(21)24/h3-6,8,13,25H,7,9-10H2,1-2H3,(H,19,22,24)/t13-,17-/m1/s1. The summed E-state index contributed by atoms with van der Waals surface area (Å²) in [6, 6.07) is 5.77. The maximum atomic E-state index is 12.7. The molecule has 0 spiro atoms. The van der Waals surface area contributed by atoms with E-state index in [-0.39, 0.29) is 12.5 Å². The summed E-state index contributed by atoms with van der Waals surface area (Å²) >= 11 is 0. The number of aromatic nitrogens is 3. The highest BCUT2D eigenvalue weighted by atomic mass is 16.3. The van der Waals surface area contributed by atoms with Crippen molar-refractivity contribution in [3.8, 4) is 0 Å². The maximum absolute atomic E-state index is 12.7. The predicted molar refractivity (Wildman–Crippen MR) is 90.5 cm³/mol. The van der Waals surface area contributed by atoms with Crippen molar-refractivity contribution in [1.82, 2.24) is 19.4 Å². The zero-order chi connectivity index (χ0) is 18.2. The lowest BCUT2D eigenvalue weighted by Gasteiger charge is -2.43. The van der Waals surface area contributed by atoms with E-state index in [1.807, 2.05) is 0 Å². The van der Waals surface area contributed by atoms with Crippen LogP contribution in [0.2, 0.25) is 0 Å². The molecule has 1 fully saturated rings. The van der Waals surface area contributed by atoms with Gasteiger partial charge in [-0.1, -0.05) is 6.07 Å². The predicted octanol–water partition coefficient (Wildman–Crippen LogP) is 0.0782. The number of amides is 1. The lowest BCUT2D eigenvalue weighted by atomic mass is 9.88. The highest BCUT2D eigenvalue weighted by Crippen LogP contribution is 2.31. The van der Waals surface area contributed by atoms with Gasteiger partial charge in [-0.3, -0.25) is 19.1 Å². The van der Waals surface area contributed by atoms with Crippen molar-refractivity contribution in [1.29, 1.82) is 0 Å². The Balaban J connectivity index is 1.92. The minimum Gasteiger partial charge on any atom is -0.388 e. The van der Waals surface area contributed by atoms with Crippen molar-refractivity contribution in [2.24, 2.45) is 0 Å². The molecule has 0 aromatic carbocycles. The molecule has 0 bridgehead atoms. The van der Waals surface area contributed by atoms with Crippen LogP contribution >= 0.6 is 0 Å². The molecule has 3 heterocycles. The first-order valence-corrected chi connectivity index (χ1v) is 8.05. The van der Waals surface area contributed by atoms with E-state index in [2.05, 4.69) is 9.97 Å². The number of aliphatic hydroxyl groups is 1. The molecule has 25 heavy (non-hydrogen) atoms. The minimum atomic E-state index is -1.18. The Labute approximate surface area is 143 Å². The number of nitrogens with one attached hydrogen (secondary N) is 1. The van der Waals surface area contributed by atoms with Crippen molar-refractivity contribution >= 4 is 5.91 Å². The van der Waals surface area contributed by atoms with Crippen molar-refractivity contribution in [3.63, 3.8) is 0 Å². The number of aryl methyl sites for hydroxylation is 1. The quantitative estimate of drug-likeness (QED) is 0.802. The van der Waals surface area contributed by atoms with Gasteiger partial charge in [0.2, 0.25) is 0 Å². The van der Waals surface area contributed by atoms with Crippen LogP contribution in [0.5, 0.6) is 0 Å². The summed E-state index contributed by atoms with van der Waals surface area (Å²) in [7, 11) is 0. The van der Waals surface area contributed by atoms with E-state index in [4.69, 9.17) is 0 Å². The number of likely N-dealkylation sites (tertiary alicyclic amines) is 1. The number of H-pyrrole nitrogens is 1. The number of rotatable bonds is 2. The van der Waals surface area contributed by atoms with Crippen LogP contribution in [-0.2, 0) is 0 Å². The first kappa shape index (κ1) is 17.1. The molecular weight excluding hydrogens is 324 g/mol. The Kier molecular flexibility index (Phi) is 4.30. The Bertz CT molecular complexity index is 915. The van der Waals surface area contributed by atoms with Crippen molar-refractivity contribution in [2.45, 2.75) is 31.9 Å². The van der Waals surface area contributed by atoms with E-state index in [9.17, 15) is 19.5 Å². The zero-order valence-electron chi connectivity index (χ0n) is 14.1. The van der Waals surface area contributed by atoms with Crippen LogP contribution in [0.1, 0.15) is 35.6 Å². The van der Waals surface area contributed by atoms with E-state index in [0.29, 0.717) is 18.7 Å². The Morgan fingerprint density at radius 3 is 2.80 bits per heavy atom. The molecule has 1 aliphatic rings. The summed E-state index contributed by atoms with van der Waals surface area (Å²) < 4.78 is 1.27. The summed E-state index contributed by atoms with van der Waals surface area (Å²) in [5.41, 5.74) is -1.23. The molecule has 3 rings (SSSR count). The van der Waals surface area contributed by atoms with Crippen molar-refractivity contribution < 1.29 is 9.90 Å². The fourth-order valence-corrected chi connectivity index (χ4v) is 3.09. The number of carbonyl (C=O) groups excluding carboxylic acids is 1. The second-order valence-electron chi connectivity index (χ2n) is 6.56. The molecule has 8 heteroatoms. The third kappa shape index (κ3) is 3.39. The molecule has 2 aromatic rings. The van der Waals surface area contributed by atoms with Crippen LogP contribution in [0.3, 0.4) is 0 Å². The fraction of sp³-hybridized carbons (Fsp3) is 0.412. The van der Waals surface area contributed by atoms with Gasteiger partial charge in [-0.2, -0.15) is 0 Å². The number of hydrogen-bond donors (Lipinski definition) is 2. The second kappa shape index (κ2) is 6.29. The molecule has 2 N–H and O–H groups in total. The molecule has 2 atom stereocenters. The van der Waals surface area contributed by atoms with Crippen LogP contribution in [0.15, 0.2) is 40.1 Å². The molecule has 0 unspecified atom stereocenters. The Hall–Kier alpha value is -2.74. The van der Waals surface area contributed by atoms with Gasteiger partial charge < -0.3 is 10.0 Å². The van der Waals surface area contributed by atoms with Gasteiger partial charge in [-0.15, -0.1) is 0 Å². The van der Waals surface area contributed by atoms with Gasteiger partial charge >= 0.3 is 5.69 Å². The zero-order valence-corrected chi connectivity index (χ0v) is 14.1. The molecule has 8 nitrogen and oxygen atoms in total. The van der Waals surface area contributed by atoms with E-state index in [0.717, 1.165) is 5.69 Å². The highest BCUT2D eigenvalue weighted by molar-refractivity contribution is 5.92. The molecule has 132 valence electrons. The average molecular weight is 344 g/mol. The molecule has 1 aliphatic heterocycles. The first-order valence-electron chi connectivity index (χ1n) is 8.05. The van der Waals surface area contributed by atoms with Gasteiger partial charge in [0.15, 0.2) is 0 Å². The van der Waals surface area contributed by atoms with Crippen LogP contribution in [0.4, 0.5) is 0 Å². The van der Waals surface area contributed by atoms with Crippen molar-refractivity contribution in [2.75, 3.05) is 13.1 Å². The number of hydrogen-bond acceptors (Lipinski definition) is 5. The molecule has 0 saturated carbocycles. The van der Waals surface area contributed by atoms with E-state index >= 15 is 0 Å². The Morgan fingerprint density at radius 1 is 1.36 bits per heavy atom.